The highest BCUT2D eigenvalue weighted by atomic mass is 16.3. The second kappa shape index (κ2) is 5.05. The van der Waals surface area contributed by atoms with Gasteiger partial charge in [0.15, 0.2) is 0 Å². The van der Waals surface area contributed by atoms with E-state index < -0.39 is 6.10 Å². The predicted molar refractivity (Wildman–Crippen MR) is 72.8 cm³/mol. The number of aliphatic hydroxyl groups is 1. The van der Waals surface area contributed by atoms with Crippen LogP contribution >= 0.6 is 0 Å². The number of nitrogens with zero attached hydrogens (tertiary/aromatic N) is 2. The lowest BCUT2D eigenvalue weighted by Crippen LogP contribution is -2.25. The van der Waals surface area contributed by atoms with E-state index in [0.717, 1.165) is 23.7 Å². The highest BCUT2D eigenvalue weighted by molar-refractivity contribution is 5.44. The van der Waals surface area contributed by atoms with Crippen LogP contribution in [-0.2, 0) is 6.54 Å². The number of rotatable bonds is 5. The summed E-state index contributed by atoms with van der Waals surface area (Å²) in [5, 5.41) is 9.68. The number of aliphatic hydroxyl groups excluding tert-OH is 1. The van der Waals surface area contributed by atoms with Crippen LogP contribution in [0.1, 0.15) is 37.2 Å². The lowest BCUT2D eigenvalue weighted by molar-refractivity contribution is 0.199. The second-order valence-electron chi connectivity index (χ2n) is 5.06. The molecule has 2 aromatic heterocycles. The third kappa shape index (κ3) is 2.79. The van der Waals surface area contributed by atoms with Crippen molar-refractivity contribution in [3.8, 4) is 0 Å². The fraction of sp³-hybridized carbons (Fsp3) is 0.400. The summed E-state index contributed by atoms with van der Waals surface area (Å²) in [5.41, 5.74) is 0.898. The van der Waals surface area contributed by atoms with E-state index in [1.54, 1.807) is 19.4 Å². The van der Waals surface area contributed by atoms with Crippen molar-refractivity contribution in [2.24, 2.45) is 0 Å². The number of hydrogen-bond acceptors (Lipinski definition) is 4. The van der Waals surface area contributed by atoms with Gasteiger partial charge in [-0.05, 0) is 49.6 Å². The third-order valence-corrected chi connectivity index (χ3v) is 3.44. The summed E-state index contributed by atoms with van der Waals surface area (Å²) in [7, 11) is 0. The Morgan fingerprint density at radius 3 is 2.95 bits per heavy atom. The fourth-order valence-corrected chi connectivity index (χ4v) is 2.20. The van der Waals surface area contributed by atoms with Gasteiger partial charge in [-0.25, -0.2) is 4.98 Å². The first-order valence-corrected chi connectivity index (χ1v) is 6.67. The van der Waals surface area contributed by atoms with Crippen molar-refractivity contribution in [2.45, 2.75) is 38.5 Å². The molecule has 1 atom stereocenters. The van der Waals surface area contributed by atoms with Crippen molar-refractivity contribution in [2.75, 3.05) is 4.90 Å². The molecule has 1 saturated carbocycles. The molecule has 19 heavy (non-hydrogen) atoms. The predicted octanol–water partition coefficient (Wildman–Crippen LogP) is 2.90. The van der Waals surface area contributed by atoms with Gasteiger partial charge in [-0.2, -0.15) is 0 Å². The van der Waals surface area contributed by atoms with Crippen LogP contribution in [0.2, 0.25) is 0 Å². The number of pyridine rings is 1. The molecular weight excluding hydrogens is 240 g/mol. The molecular formula is C15H18N2O2. The lowest BCUT2D eigenvalue weighted by atomic mass is 10.1. The van der Waals surface area contributed by atoms with E-state index in [0.29, 0.717) is 6.04 Å². The molecule has 0 bridgehead atoms. The van der Waals surface area contributed by atoms with Crippen LogP contribution in [0.15, 0.2) is 41.1 Å². The zero-order valence-corrected chi connectivity index (χ0v) is 11.0. The van der Waals surface area contributed by atoms with E-state index in [1.807, 2.05) is 24.3 Å². The van der Waals surface area contributed by atoms with Gasteiger partial charge in [-0.15, -0.1) is 0 Å². The van der Waals surface area contributed by atoms with Crippen molar-refractivity contribution in [3.05, 3.63) is 48.0 Å². The molecule has 0 amide bonds. The molecule has 4 heteroatoms. The Morgan fingerprint density at radius 2 is 2.32 bits per heavy atom. The van der Waals surface area contributed by atoms with Gasteiger partial charge in [0.05, 0.1) is 18.9 Å². The summed E-state index contributed by atoms with van der Waals surface area (Å²) in [5.74, 6) is 1.86. The molecule has 0 aromatic carbocycles. The molecule has 1 aliphatic carbocycles. The Balaban J connectivity index is 1.85. The Kier molecular flexibility index (Phi) is 3.25. The van der Waals surface area contributed by atoms with Gasteiger partial charge in [0.25, 0.3) is 0 Å². The average molecular weight is 258 g/mol. The normalized spacial score (nSPS) is 16.3. The van der Waals surface area contributed by atoms with Crippen LogP contribution in [0, 0.1) is 0 Å². The minimum atomic E-state index is -0.466. The van der Waals surface area contributed by atoms with Gasteiger partial charge in [-0.1, -0.05) is 0 Å². The maximum Gasteiger partial charge on any atom is 0.129 e. The molecule has 1 N–H and O–H groups in total. The fourth-order valence-electron chi connectivity index (χ4n) is 2.20. The summed E-state index contributed by atoms with van der Waals surface area (Å²) >= 11 is 0. The maximum absolute atomic E-state index is 9.68. The average Bonchev–Trinajstić information content (AvgIpc) is 3.13. The topological polar surface area (TPSA) is 49.5 Å². The summed E-state index contributed by atoms with van der Waals surface area (Å²) in [6.07, 6.45) is 5.38. The number of hydrogen-bond donors (Lipinski definition) is 1. The minimum absolute atomic E-state index is 0.466. The first-order chi connectivity index (χ1) is 9.24. The van der Waals surface area contributed by atoms with Gasteiger partial charge in [0.2, 0.25) is 0 Å². The largest absolute Gasteiger partial charge is 0.467 e. The number of furan rings is 1. The first kappa shape index (κ1) is 12.2. The minimum Gasteiger partial charge on any atom is -0.467 e. The lowest BCUT2D eigenvalue weighted by Gasteiger charge is -2.23. The standard InChI is InChI=1S/C15H18N2O2/c1-11(18)12-6-7-16-15(9-12)17(13-4-5-13)10-14-3-2-8-19-14/h2-3,6-9,11,13,18H,4-5,10H2,1H3/t11-/m0/s1. The Hall–Kier alpha value is -1.81. The SMILES string of the molecule is C[C@H](O)c1ccnc(N(Cc2ccco2)C2CC2)c1. The molecule has 1 aliphatic rings. The van der Waals surface area contributed by atoms with E-state index in [1.165, 1.54) is 12.8 Å². The Bertz CT molecular complexity index is 533. The van der Waals surface area contributed by atoms with E-state index in [2.05, 4.69) is 9.88 Å². The zero-order chi connectivity index (χ0) is 13.2. The second-order valence-corrected chi connectivity index (χ2v) is 5.06. The Morgan fingerprint density at radius 1 is 1.47 bits per heavy atom. The maximum atomic E-state index is 9.68. The van der Waals surface area contributed by atoms with Crippen LogP contribution < -0.4 is 4.90 Å². The molecule has 0 radical (unpaired) electrons. The molecule has 0 unspecified atom stereocenters. The third-order valence-electron chi connectivity index (χ3n) is 3.44. The number of anilines is 1. The van der Waals surface area contributed by atoms with Crippen LogP contribution in [0.5, 0.6) is 0 Å². The van der Waals surface area contributed by atoms with Crippen molar-refractivity contribution in [1.29, 1.82) is 0 Å². The molecule has 0 aliphatic heterocycles. The van der Waals surface area contributed by atoms with Crippen molar-refractivity contribution in [3.63, 3.8) is 0 Å². The van der Waals surface area contributed by atoms with E-state index in [-0.39, 0.29) is 0 Å². The monoisotopic (exact) mass is 258 g/mol. The molecule has 0 saturated heterocycles. The molecule has 2 aromatic rings. The van der Waals surface area contributed by atoms with Gasteiger partial charge >= 0.3 is 0 Å². The van der Waals surface area contributed by atoms with E-state index in [9.17, 15) is 5.11 Å². The summed E-state index contributed by atoms with van der Waals surface area (Å²) in [4.78, 5) is 6.69. The highest BCUT2D eigenvalue weighted by Gasteiger charge is 2.30. The van der Waals surface area contributed by atoms with Crippen molar-refractivity contribution in [1.82, 2.24) is 4.98 Å². The summed E-state index contributed by atoms with van der Waals surface area (Å²) in [6.45, 7) is 2.50. The molecule has 4 nitrogen and oxygen atoms in total. The van der Waals surface area contributed by atoms with Crippen LogP contribution in [0.25, 0.3) is 0 Å². The molecule has 1 fully saturated rings. The molecule has 0 spiro atoms. The van der Waals surface area contributed by atoms with E-state index in [4.69, 9.17) is 4.42 Å². The van der Waals surface area contributed by atoms with Crippen molar-refractivity contribution >= 4 is 5.82 Å². The van der Waals surface area contributed by atoms with Crippen molar-refractivity contribution < 1.29 is 9.52 Å². The molecule has 2 heterocycles. The van der Waals surface area contributed by atoms with Crippen LogP contribution in [0.3, 0.4) is 0 Å². The number of aromatic nitrogens is 1. The molecule has 3 rings (SSSR count). The zero-order valence-electron chi connectivity index (χ0n) is 11.0. The Labute approximate surface area is 112 Å². The van der Waals surface area contributed by atoms with Crippen LogP contribution in [0.4, 0.5) is 5.82 Å². The molecule has 100 valence electrons. The quantitative estimate of drug-likeness (QED) is 0.896. The highest BCUT2D eigenvalue weighted by Crippen LogP contribution is 2.32. The summed E-state index contributed by atoms with van der Waals surface area (Å²) < 4.78 is 5.42. The van der Waals surface area contributed by atoms with Gasteiger partial charge in [-0.3, -0.25) is 0 Å². The van der Waals surface area contributed by atoms with Gasteiger partial charge in [0, 0.05) is 12.2 Å². The van der Waals surface area contributed by atoms with Gasteiger partial charge in [0.1, 0.15) is 11.6 Å². The van der Waals surface area contributed by atoms with Crippen LogP contribution in [-0.4, -0.2) is 16.1 Å². The smallest absolute Gasteiger partial charge is 0.129 e. The summed E-state index contributed by atoms with van der Waals surface area (Å²) in [6, 6.07) is 8.24. The van der Waals surface area contributed by atoms with Gasteiger partial charge < -0.3 is 14.4 Å². The first-order valence-electron chi connectivity index (χ1n) is 6.67. The van der Waals surface area contributed by atoms with E-state index >= 15 is 0 Å².